The molecule has 0 spiro atoms. The fourth-order valence-electron chi connectivity index (χ4n) is 2.17. The van der Waals surface area contributed by atoms with Gasteiger partial charge in [-0.15, -0.1) is 0 Å². The Morgan fingerprint density at radius 1 is 1.16 bits per heavy atom. The van der Waals surface area contributed by atoms with Crippen molar-refractivity contribution in [3.05, 3.63) is 23.8 Å². The Balaban J connectivity index is 2.97. The lowest BCUT2D eigenvalue weighted by molar-refractivity contribution is -0.157. The van der Waals surface area contributed by atoms with Gasteiger partial charge in [0.25, 0.3) is 0 Å². The average Bonchev–Trinajstić information content (AvgIpc) is 2.45. The Labute approximate surface area is 112 Å². The Morgan fingerprint density at radius 3 is 2.26 bits per heavy atom. The minimum atomic E-state index is -0.661. The minimum absolute atomic E-state index is 0.139. The molecule has 1 aliphatic rings. The van der Waals surface area contributed by atoms with Gasteiger partial charge < -0.3 is 9.47 Å². The fraction of sp³-hybridized carbons (Fsp3) is 0.500. The highest BCUT2D eigenvalue weighted by Crippen LogP contribution is 2.32. The van der Waals surface area contributed by atoms with E-state index in [-0.39, 0.29) is 12.2 Å². The van der Waals surface area contributed by atoms with Crippen molar-refractivity contribution < 1.29 is 23.9 Å². The zero-order chi connectivity index (χ0) is 14.4. The third-order valence-corrected chi connectivity index (χ3v) is 3.19. The van der Waals surface area contributed by atoms with E-state index in [1.54, 1.807) is 19.1 Å². The normalized spacial score (nSPS) is 22.8. The van der Waals surface area contributed by atoms with Crippen LogP contribution in [-0.4, -0.2) is 31.9 Å². The lowest BCUT2D eigenvalue weighted by Crippen LogP contribution is -2.34. The molecule has 0 aromatic carbocycles. The molecule has 0 aliphatic heterocycles. The number of allylic oxidation sites excluding steroid dienone is 4. The maximum absolute atomic E-state index is 11.8. The summed E-state index contributed by atoms with van der Waals surface area (Å²) >= 11 is 0. The zero-order valence-corrected chi connectivity index (χ0v) is 11.3. The highest BCUT2D eigenvalue weighted by molar-refractivity contribution is 6.04. The summed E-state index contributed by atoms with van der Waals surface area (Å²) in [5.74, 6) is -2.33. The maximum atomic E-state index is 11.8. The van der Waals surface area contributed by atoms with Crippen LogP contribution in [0, 0.1) is 11.8 Å². The molecule has 19 heavy (non-hydrogen) atoms. The van der Waals surface area contributed by atoms with Crippen molar-refractivity contribution >= 4 is 17.7 Å². The van der Waals surface area contributed by atoms with Gasteiger partial charge in [0.15, 0.2) is 5.78 Å². The van der Waals surface area contributed by atoms with Crippen LogP contribution >= 0.6 is 0 Å². The summed E-state index contributed by atoms with van der Waals surface area (Å²) in [6, 6.07) is 0. The van der Waals surface area contributed by atoms with Gasteiger partial charge in [-0.3, -0.25) is 14.4 Å². The highest BCUT2D eigenvalue weighted by atomic mass is 16.5. The van der Waals surface area contributed by atoms with Crippen molar-refractivity contribution in [2.75, 3.05) is 14.2 Å². The van der Waals surface area contributed by atoms with Crippen LogP contribution in [0.5, 0.6) is 0 Å². The van der Waals surface area contributed by atoms with Crippen molar-refractivity contribution in [3.63, 3.8) is 0 Å². The van der Waals surface area contributed by atoms with Gasteiger partial charge in [0.05, 0.1) is 26.1 Å². The van der Waals surface area contributed by atoms with E-state index >= 15 is 0 Å². The summed E-state index contributed by atoms with van der Waals surface area (Å²) in [6.45, 7) is 1.75. The van der Waals surface area contributed by atoms with E-state index in [1.165, 1.54) is 20.3 Å². The first-order valence-electron chi connectivity index (χ1n) is 6.06. The molecule has 0 unspecified atom stereocenters. The molecule has 1 rings (SSSR count). The van der Waals surface area contributed by atoms with Crippen LogP contribution < -0.4 is 0 Å². The van der Waals surface area contributed by atoms with E-state index in [9.17, 15) is 14.4 Å². The summed E-state index contributed by atoms with van der Waals surface area (Å²) in [7, 11) is 2.54. The standard InChI is InChI=1S/C14H18O5/c1-4-5-12(15)9-6-7-10(13(16)18-2)11(8-9)14(17)19-3/h4-6,10-11H,7-8H2,1-3H3/b5-4+/t10-,11+/m0/s1. The predicted octanol–water partition coefficient (Wildman–Crippen LogP) is 1.43. The van der Waals surface area contributed by atoms with Crippen molar-refractivity contribution in [2.45, 2.75) is 19.8 Å². The number of carbonyl (C=O) groups is 3. The van der Waals surface area contributed by atoms with Gasteiger partial charge in [0, 0.05) is 0 Å². The average molecular weight is 266 g/mol. The van der Waals surface area contributed by atoms with Gasteiger partial charge in [-0.25, -0.2) is 0 Å². The fourth-order valence-corrected chi connectivity index (χ4v) is 2.17. The van der Waals surface area contributed by atoms with E-state index in [1.807, 2.05) is 0 Å². The molecule has 104 valence electrons. The lowest BCUT2D eigenvalue weighted by atomic mass is 9.78. The van der Waals surface area contributed by atoms with E-state index in [4.69, 9.17) is 4.74 Å². The van der Waals surface area contributed by atoms with Gasteiger partial charge in [0.2, 0.25) is 0 Å². The van der Waals surface area contributed by atoms with Crippen LogP contribution in [0.4, 0.5) is 0 Å². The molecule has 1 aliphatic carbocycles. The molecule has 0 radical (unpaired) electrons. The monoisotopic (exact) mass is 266 g/mol. The highest BCUT2D eigenvalue weighted by Gasteiger charge is 2.38. The summed E-state index contributed by atoms with van der Waals surface area (Å²) in [6.07, 6.45) is 5.30. The molecule has 0 amide bonds. The first kappa shape index (κ1) is 15.1. The van der Waals surface area contributed by atoms with E-state index in [0.717, 1.165) is 0 Å². The smallest absolute Gasteiger partial charge is 0.309 e. The van der Waals surface area contributed by atoms with Crippen LogP contribution in [0.3, 0.4) is 0 Å². The first-order chi connectivity index (χ1) is 9.04. The van der Waals surface area contributed by atoms with Crippen LogP contribution in [-0.2, 0) is 23.9 Å². The van der Waals surface area contributed by atoms with E-state index in [2.05, 4.69) is 4.74 Å². The Bertz CT molecular complexity index is 433. The lowest BCUT2D eigenvalue weighted by Gasteiger charge is -2.26. The van der Waals surface area contributed by atoms with Crippen molar-refractivity contribution in [1.82, 2.24) is 0 Å². The predicted molar refractivity (Wildman–Crippen MR) is 68.2 cm³/mol. The van der Waals surface area contributed by atoms with E-state index in [0.29, 0.717) is 12.0 Å². The molecule has 0 heterocycles. The van der Waals surface area contributed by atoms with Gasteiger partial charge in [-0.1, -0.05) is 12.2 Å². The molecule has 5 heteroatoms. The van der Waals surface area contributed by atoms with Gasteiger partial charge in [0.1, 0.15) is 0 Å². The second-order valence-electron chi connectivity index (χ2n) is 4.29. The molecular formula is C14H18O5. The number of hydrogen-bond acceptors (Lipinski definition) is 5. The van der Waals surface area contributed by atoms with Crippen LogP contribution in [0.15, 0.2) is 23.8 Å². The molecule has 2 atom stereocenters. The summed E-state index contributed by atoms with van der Waals surface area (Å²) in [5.41, 5.74) is 0.536. The number of hydrogen-bond donors (Lipinski definition) is 0. The number of methoxy groups -OCH3 is 2. The Hall–Kier alpha value is -1.91. The molecule has 0 aromatic rings. The number of rotatable bonds is 4. The molecule has 0 fully saturated rings. The second kappa shape index (κ2) is 6.87. The van der Waals surface area contributed by atoms with Crippen molar-refractivity contribution in [2.24, 2.45) is 11.8 Å². The van der Waals surface area contributed by atoms with Crippen LogP contribution in [0.2, 0.25) is 0 Å². The van der Waals surface area contributed by atoms with Gasteiger partial charge in [-0.2, -0.15) is 0 Å². The SMILES string of the molecule is C/C=C/C(=O)C1=CC[C@H](C(=O)OC)[C@H](C(=O)OC)C1. The quantitative estimate of drug-likeness (QED) is 0.568. The largest absolute Gasteiger partial charge is 0.469 e. The Morgan fingerprint density at radius 2 is 1.74 bits per heavy atom. The number of carbonyl (C=O) groups excluding carboxylic acids is 3. The number of ether oxygens (including phenoxy) is 2. The topological polar surface area (TPSA) is 69.7 Å². The summed E-state index contributed by atoms with van der Waals surface area (Å²) in [4.78, 5) is 35.2. The second-order valence-corrected chi connectivity index (χ2v) is 4.29. The molecule has 0 N–H and O–H groups in total. The number of esters is 2. The molecular weight excluding hydrogens is 248 g/mol. The van der Waals surface area contributed by atoms with Crippen molar-refractivity contribution in [1.29, 1.82) is 0 Å². The molecule has 0 aromatic heterocycles. The molecule has 5 nitrogen and oxygen atoms in total. The van der Waals surface area contributed by atoms with Gasteiger partial charge in [-0.05, 0) is 31.4 Å². The summed E-state index contributed by atoms with van der Waals surface area (Å²) < 4.78 is 9.38. The minimum Gasteiger partial charge on any atom is -0.469 e. The van der Waals surface area contributed by atoms with Crippen LogP contribution in [0.1, 0.15) is 19.8 Å². The zero-order valence-electron chi connectivity index (χ0n) is 11.3. The summed E-state index contributed by atoms with van der Waals surface area (Å²) in [5, 5.41) is 0. The van der Waals surface area contributed by atoms with E-state index < -0.39 is 23.8 Å². The third-order valence-electron chi connectivity index (χ3n) is 3.19. The van der Waals surface area contributed by atoms with Crippen LogP contribution in [0.25, 0.3) is 0 Å². The van der Waals surface area contributed by atoms with Crippen molar-refractivity contribution in [3.8, 4) is 0 Å². The molecule has 0 bridgehead atoms. The molecule has 0 saturated heterocycles. The number of ketones is 1. The maximum Gasteiger partial charge on any atom is 0.309 e. The first-order valence-corrected chi connectivity index (χ1v) is 6.06. The third kappa shape index (κ3) is 3.53. The molecule has 0 saturated carbocycles. The van der Waals surface area contributed by atoms with Gasteiger partial charge >= 0.3 is 11.9 Å². The Kier molecular flexibility index (Phi) is 5.48.